The first-order chi connectivity index (χ1) is 10.1. The zero-order valence-corrected chi connectivity index (χ0v) is 17.1. The predicted molar refractivity (Wildman–Crippen MR) is 96.6 cm³/mol. The lowest BCUT2D eigenvalue weighted by Gasteiger charge is -2.40. The highest BCUT2D eigenvalue weighted by Gasteiger charge is 2.41. The second kappa shape index (κ2) is 9.71. The molecule has 0 rings (SSSR count). The summed E-state index contributed by atoms with van der Waals surface area (Å²) in [6.45, 7) is 15.4. The second-order valence-corrected chi connectivity index (χ2v) is 12.7. The fraction of sp³-hybridized carbons (Fsp3) is 0.944. The topological polar surface area (TPSA) is 35.5 Å². The molecule has 2 atom stereocenters. The molecule has 22 heavy (non-hydrogen) atoms. The molecule has 0 radical (unpaired) electrons. The highest BCUT2D eigenvalue weighted by molar-refractivity contribution is 6.74. The molecule has 0 aromatic heterocycles. The molecule has 0 amide bonds. The van der Waals surface area contributed by atoms with Crippen molar-refractivity contribution in [3.63, 3.8) is 0 Å². The highest BCUT2D eigenvalue weighted by Crippen LogP contribution is 2.38. The van der Waals surface area contributed by atoms with Crippen LogP contribution >= 0.6 is 0 Å². The van der Waals surface area contributed by atoms with Gasteiger partial charge in [0.2, 0.25) is 0 Å². The first-order valence-electron chi connectivity index (χ1n) is 8.82. The van der Waals surface area contributed by atoms with Gasteiger partial charge in [0, 0.05) is 0 Å². The molecular weight excluding hydrogens is 292 g/mol. The van der Waals surface area contributed by atoms with Crippen LogP contribution in [0.15, 0.2) is 0 Å². The van der Waals surface area contributed by atoms with Crippen molar-refractivity contribution in [2.24, 2.45) is 5.92 Å². The molecular formula is C18H38O3Si. The largest absolute Gasteiger partial charge is 0.469 e. The zero-order chi connectivity index (χ0) is 17.4. The van der Waals surface area contributed by atoms with Crippen LogP contribution in [0, 0.1) is 5.92 Å². The fourth-order valence-electron chi connectivity index (χ4n) is 2.25. The third-order valence-corrected chi connectivity index (χ3v) is 9.48. The molecule has 0 heterocycles. The quantitative estimate of drug-likeness (QED) is 0.299. The van der Waals surface area contributed by atoms with Crippen LogP contribution in [0.25, 0.3) is 0 Å². The Morgan fingerprint density at radius 2 is 1.64 bits per heavy atom. The summed E-state index contributed by atoms with van der Waals surface area (Å²) >= 11 is 0. The van der Waals surface area contributed by atoms with Crippen molar-refractivity contribution >= 4 is 14.3 Å². The Bertz CT molecular complexity index is 321. The van der Waals surface area contributed by atoms with Gasteiger partial charge in [-0.25, -0.2) is 0 Å². The number of esters is 1. The van der Waals surface area contributed by atoms with Crippen molar-refractivity contribution in [1.29, 1.82) is 0 Å². The first kappa shape index (κ1) is 21.6. The van der Waals surface area contributed by atoms with Gasteiger partial charge in [0.1, 0.15) is 0 Å². The molecule has 3 nitrogen and oxygen atoms in total. The van der Waals surface area contributed by atoms with Crippen LogP contribution in [0.1, 0.15) is 73.1 Å². The monoisotopic (exact) mass is 330 g/mol. The van der Waals surface area contributed by atoms with Crippen molar-refractivity contribution in [3.8, 4) is 0 Å². The molecule has 4 heteroatoms. The molecule has 0 saturated heterocycles. The lowest BCUT2D eigenvalue weighted by atomic mass is 9.99. The summed E-state index contributed by atoms with van der Waals surface area (Å²) in [4.78, 5) is 11.9. The summed E-state index contributed by atoms with van der Waals surface area (Å²) in [6, 6.07) is 0. The van der Waals surface area contributed by atoms with Gasteiger partial charge in [0.15, 0.2) is 8.32 Å². The summed E-state index contributed by atoms with van der Waals surface area (Å²) < 4.78 is 11.5. The van der Waals surface area contributed by atoms with Gasteiger partial charge in [0.25, 0.3) is 0 Å². The first-order valence-corrected chi connectivity index (χ1v) is 11.7. The molecule has 0 aliphatic heterocycles. The lowest BCUT2D eigenvalue weighted by Crippen LogP contribution is -2.46. The number of hydrogen-bond acceptors (Lipinski definition) is 3. The van der Waals surface area contributed by atoms with Gasteiger partial charge in [0.05, 0.1) is 19.1 Å². The molecule has 0 bridgehead atoms. The van der Waals surface area contributed by atoms with E-state index in [-0.39, 0.29) is 23.0 Å². The van der Waals surface area contributed by atoms with Gasteiger partial charge in [-0.2, -0.15) is 0 Å². The van der Waals surface area contributed by atoms with Gasteiger partial charge < -0.3 is 9.16 Å². The van der Waals surface area contributed by atoms with Gasteiger partial charge in [-0.3, -0.25) is 4.79 Å². The number of unbranched alkanes of at least 4 members (excludes halogenated alkanes) is 4. The van der Waals surface area contributed by atoms with Gasteiger partial charge in [-0.1, -0.05) is 59.8 Å². The van der Waals surface area contributed by atoms with Crippen molar-refractivity contribution < 1.29 is 14.0 Å². The smallest absolute Gasteiger partial charge is 0.310 e. The number of hydrogen-bond donors (Lipinski definition) is 0. The van der Waals surface area contributed by atoms with E-state index < -0.39 is 8.32 Å². The van der Waals surface area contributed by atoms with E-state index in [0.29, 0.717) is 0 Å². The lowest BCUT2D eigenvalue weighted by molar-refractivity contribution is -0.148. The Morgan fingerprint density at radius 1 is 1.09 bits per heavy atom. The Hall–Kier alpha value is -0.353. The number of rotatable bonds is 10. The second-order valence-electron chi connectivity index (χ2n) is 7.93. The summed E-state index contributed by atoms with van der Waals surface area (Å²) in [7, 11) is -0.411. The van der Waals surface area contributed by atoms with Crippen LogP contribution in [-0.4, -0.2) is 27.5 Å². The van der Waals surface area contributed by atoms with E-state index >= 15 is 0 Å². The average molecular weight is 331 g/mol. The van der Waals surface area contributed by atoms with Crippen molar-refractivity contribution in [3.05, 3.63) is 0 Å². The molecule has 0 N–H and O–H groups in total. The SMILES string of the molecule is CCCCCCCC(O[Si](C)(C)C(C)(C)C)C(C)C(=O)OC. The maximum absolute atomic E-state index is 11.9. The maximum Gasteiger partial charge on any atom is 0.310 e. The number of methoxy groups -OCH3 is 1. The molecule has 2 unspecified atom stereocenters. The zero-order valence-electron chi connectivity index (χ0n) is 16.1. The van der Waals surface area contributed by atoms with Crippen LogP contribution in [0.2, 0.25) is 18.1 Å². The van der Waals surface area contributed by atoms with Crippen molar-refractivity contribution in [1.82, 2.24) is 0 Å². The normalized spacial score (nSPS) is 15.5. The summed E-state index contributed by atoms with van der Waals surface area (Å²) in [6.07, 6.45) is 7.10. The minimum atomic E-state index is -1.87. The Balaban J connectivity index is 4.76. The molecule has 0 aromatic carbocycles. The predicted octanol–water partition coefficient (Wildman–Crippen LogP) is 5.55. The van der Waals surface area contributed by atoms with Crippen molar-refractivity contribution in [2.45, 2.75) is 97.4 Å². The minimum Gasteiger partial charge on any atom is -0.469 e. The third kappa shape index (κ3) is 7.27. The summed E-state index contributed by atoms with van der Waals surface area (Å²) in [5.74, 6) is -0.345. The molecule has 0 aromatic rings. The Labute approximate surface area is 139 Å². The van der Waals surface area contributed by atoms with Crippen LogP contribution in [0.3, 0.4) is 0 Å². The average Bonchev–Trinajstić information content (AvgIpc) is 2.42. The highest BCUT2D eigenvalue weighted by atomic mass is 28.4. The van der Waals surface area contributed by atoms with Crippen LogP contribution in [0.4, 0.5) is 0 Å². The standard InChI is InChI=1S/C18H38O3Si/c1-9-10-11-12-13-14-16(15(2)17(19)20-6)21-22(7,8)18(3,4)5/h15-16H,9-14H2,1-8H3. The van der Waals surface area contributed by atoms with Gasteiger partial charge >= 0.3 is 5.97 Å². The van der Waals surface area contributed by atoms with E-state index in [9.17, 15) is 4.79 Å². The van der Waals surface area contributed by atoms with Crippen LogP contribution < -0.4 is 0 Å². The van der Waals surface area contributed by atoms with Gasteiger partial charge in [-0.05, 0) is 31.5 Å². The van der Waals surface area contributed by atoms with E-state index in [0.717, 1.165) is 12.8 Å². The summed E-state index contributed by atoms with van der Waals surface area (Å²) in [5, 5.41) is 0.156. The van der Waals surface area contributed by atoms with Crippen LogP contribution in [0.5, 0.6) is 0 Å². The van der Waals surface area contributed by atoms with Gasteiger partial charge in [-0.15, -0.1) is 0 Å². The van der Waals surface area contributed by atoms with E-state index in [4.69, 9.17) is 9.16 Å². The molecule has 0 fully saturated rings. The number of carbonyl (C=O) groups excluding carboxylic acids is 1. The van der Waals surface area contributed by atoms with E-state index in [1.165, 1.54) is 32.8 Å². The van der Waals surface area contributed by atoms with Crippen LogP contribution in [-0.2, 0) is 14.0 Å². The molecule has 0 saturated carbocycles. The summed E-state index contributed by atoms with van der Waals surface area (Å²) in [5.41, 5.74) is 0. The fourth-order valence-corrected chi connectivity index (χ4v) is 3.69. The minimum absolute atomic E-state index is 0.0185. The molecule has 0 aliphatic rings. The Kier molecular flexibility index (Phi) is 9.56. The van der Waals surface area contributed by atoms with E-state index in [1.54, 1.807) is 0 Å². The van der Waals surface area contributed by atoms with E-state index in [1.807, 2.05) is 6.92 Å². The maximum atomic E-state index is 11.9. The third-order valence-electron chi connectivity index (χ3n) is 4.98. The molecule has 0 spiro atoms. The van der Waals surface area contributed by atoms with Crippen molar-refractivity contribution in [2.75, 3.05) is 7.11 Å². The molecule has 0 aliphatic carbocycles. The molecule has 132 valence electrons. The number of ether oxygens (including phenoxy) is 1. The van der Waals surface area contributed by atoms with E-state index in [2.05, 4.69) is 40.8 Å². The Morgan fingerprint density at radius 3 is 2.09 bits per heavy atom. The number of carbonyl (C=O) groups is 1.